The predicted molar refractivity (Wildman–Crippen MR) is 119 cm³/mol. The number of aromatic nitrogens is 4. The van der Waals surface area contributed by atoms with Crippen LogP contribution in [0, 0.1) is 11.8 Å². The van der Waals surface area contributed by atoms with Crippen molar-refractivity contribution in [1.29, 1.82) is 0 Å². The second-order valence-corrected chi connectivity index (χ2v) is 9.58. The van der Waals surface area contributed by atoms with E-state index in [2.05, 4.69) is 31.4 Å². The quantitative estimate of drug-likeness (QED) is 0.448. The maximum atomic E-state index is 13.5. The summed E-state index contributed by atoms with van der Waals surface area (Å²) in [7, 11) is 0. The van der Waals surface area contributed by atoms with Gasteiger partial charge in [-0.1, -0.05) is 5.21 Å². The summed E-state index contributed by atoms with van der Waals surface area (Å²) in [5.74, 6) is -1.61. The summed E-state index contributed by atoms with van der Waals surface area (Å²) in [6.07, 6.45) is 6.83. The number of carbonyl (C=O) groups excluding carboxylic acids is 4. The molecule has 1 aliphatic heterocycles. The minimum Gasteiger partial charge on any atom is -0.350 e. The third kappa shape index (κ3) is 4.46. The molecule has 11 nitrogen and oxygen atoms in total. The lowest BCUT2D eigenvalue weighted by molar-refractivity contribution is -0.131. The molecule has 4 N–H and O–H groups in total. The van der Waals surface area contributed by atoms with Crippen LogP contribution in [0.1, 0.15) is 55.5 Å². The molecule has 11 heteroatoms. The Balaban J connectivity index is 1.32. The Morgan fingerprint density at radius 3 is 2.79 bits per heavy atom. The van der Waals surface area contributed by atoms with Crippen LogP contribution in [-0.2, 0) is 38.7 Å². The van der Waals surface area contributed by atoms with Gasteiger partial charge in [0.2, 0.25) is 17.7 Å². The van der Waals surface area contributed by atoms with Gasteiger partial charge in [0, 0.05) is 44.0 Å². The highest BCUT2D eigenvalue weighted by Crippen LogP contribution is 2.38. The first-order valence-corrected chi connectivity index (χ1v) is 11.8. The number of ketones is 1. The molecule has 5 rings (SSSR count). The molecule has 0 saturated heterocycles. The lowest BCUT2D eigenvalue weighted by Crippen LogP contribution is -2.53. The van der Waals surface area contributed by atoms with Gasteiger partial charge in [-0.2, -0.15) is 0 Å². The van der Waals surface area contributed by atoms with Gasteiger partial charge in [0.25, 0.3) is 0 Å². The van der Waals surface area contributed by atoms with E-state index in [-0.39, 0.29) is 48.4 Å². The Bertz CT molecular complexity index is 1100. The summed E-state index contributed by atoms with van der Waals surface area (Å²) in [6.45, 7) is 2.04. The smallest absolute Gasteiger partial charge is 0.243 e. The molecule has 3 aliphatic rings. The number of Topliss-reactive ketones (excluding diaryl/α,β-unsaturated/α-hetero) is 1. The molecular weight excluding hydrogens is 438 g/mol. The number of nitrogens with zero attached hydrogens (tertiary/aromatic N) is 3. The summed E-state index contributed by atoms with van der Waals surface area (Å²) in [4.78, 5) is 51.1. The van der Waals surface area contributed by atoms with Crippen molar-refractivity contribution >= 4 is 23.5 Å². The minimum absolute atomic E-state index is 0.0483. The second-order valence-electron chi connectivity index (χ2n) is 9.58. The molecule has 1 saturated carbocycles. The number of carbonyl (C=O) groups is 4. The van der Waals surface area contributed by atoms with Crippen molar-refractivity contribution in [3.05, 3.63) is 35.4 Å². The number of aromatic amines is 1. The Morgan fingerprint density at radius 1 is 1.26 bits per heavy atom. The van der Waals surface area contributed by atoms with E-state index < -0.39 is 17.9 Å². The fraction of sp³-hybridized carbons (Fsp3) is 0.565. The van der Waals surface area contributed by atoms with Gasteiger partial charge < -0.3 is 20.5 Å². The summed E-state index contributed by atoms with van der Waals surface area (Å²) in [5, 5.41) is 18.8. The van der Waals surface area contributed by atoms with Gasteiger partial charge in [-0.15, -0.1) is 5.10 Å². The number of H-pyrrole nitrogens is 1. The fourth-order valence-corrected chi connectivity index (χ4v) is 5.28. The maximum absolute atomic E-state index is 13.5. The maximum Gasteiger partial charge on any atom is 0.243 e. The molecule has 1 fully saturated rings. The van der Waals surface area contributed by atoms with Gasteiger partial charge >= 0.3 is 0 Å². The van der Waals surface area contributed by atoms with Gasteiger partial charge in [0.15, 0.2) is 0 Å². The van der Waals surface area contributed by atoms with Crippen LogP contribution in [0.4, 0.5) is 0 Å². The van der Waals surface area contributed by atoms with Crippen molar-refractivity contribution in [3.8, 4) is 0 Å². The molecule has 180 valence electrons. The highest BCUT2D eigenvalue weighted by atomic mass is 16.2. The molecule has 2 aromatic rings. The zero-order chi connectivity index (χ0) is 23.8. The van der Waals surface area contributed by atoms with Crippen LogP contribution in [0.3, 0.4) is 0 Å². The van der Waals surface area contributed by atoms with Crippen LogP contribution in [0.2, 0.25) is 0 Å². The third-order valence-corrected chi connectivity index (χ3v) is 7.07. The molecule has 0 aromatic carbocycles. The van der Waals surface area contributed by atoms with Crippen LogP contribution in [0.15, 0.2) is 18.5 Å². The normalized spacial score (nSPS) is 24.5. The van der Waals surface area contributed by atoms with Crippen molar-refractivity contribution in [2.24, 2.45) is 11.8 Å². The van der Waals surface area contributed by atoms with E-state index in [0.717, 1.165) is 30.5 Å². The summed E-state index contributed by atoms with van der Waals surface area (Å²) >= 11 is 0. The molecule has 0 radical (unpaired) electrons. The number of amides is 3. The minimum atomic E-state index is -0.568. The van der Waals surface area contributed by atoms with E-state index in [9.17, 15) is 19.2 Å². The van der Waals surface area contributed by atoms with E-state index in [1.54, 1.807) is 6.20 Å². The summed E-state index contributed by atoms with van der Waals surface area (Å²) in [5.41, 5.74) is 2.60. The fourth-order valence-electron chi connectivity index (χ4n) is 5.28. The summed E-state index contributed by atoms with van der Waals surface area (Å²) < 4.78 is 2.00. The molecule has 3 heterocycles. The van der Waals surface area contributed by atoms with E-state index in [4.69, 9.17) is 0 Å². The third-order valence-electron chi connectivity index (χ3n) is 7.07. The first-order chi connectivity index (χ1) is 16.4. The van der Waals surface area contributed by atoms with Crippen LogP contribution in [0.25, 0.3) is 0 Å². The number of rotatable bonds is 7. The second kappa shape index (κ2) is 9.03. The van der Waals surface area contributed by atoms with Crippen LogP contribution < -0.4 is 16.0 Å². The van der Waals surface area contributed by atoms with Crippen LogP contribution >= 0.6 is 0 Å². The molecular formula is C23H29N7O4. The zero-order valence-electron chi connectivity index (χ0n) is 19.0. The summed E-state index contributed by atoms with van der Waals surface area (Å²) in [6, 6.07) is 1.07. The first kappa shape index (κ1) is 22.3. The molecule has 3 amide bonds. The Kier molecular flexibility index (Phi) is 5.93. The predicted octanol–water partition coefficient (Wildman–Crippen LogP) is -0.0591. The zero-order valence-corrected chi connectivity index (χ0v) is 19.0. The molecule has 34 heavy (non-hydrogen) atoms. The monoisotopic (exact) mass is 467 g/mol. The molecule has 2 aliphatic carbocycles. The van der Waals surface area contributed by atoms with Crippen LogP contribution in [-0.4, -0.2) is 55.6 Å². The number of hydrogen-bond acceptors (Lipinski definition) is 6. The molecule has 0 spiro atoms. The van der Waals surface area contributed by atoms with Gasteiger partial charge in [0.1, 0.15) is 17.5 Å². The van der Waals surface area contributed by atoms with Gasteiger partial charge in [0.05, 0.1) is 18.4 Å². The van der Waals surface area contributed by atoms with Crippen molar-refractivity contribution in [3.63, 3.8) is 0 Å². The molecule has 0 bridgehead atoms. The largest absolute Gasteiger partial charge is 0.350 e. The Hall–Kier alpha value is -3.50. The topological polar surface area (TPSA) is 151 Å². The van der Waals surface area contributed by atoms with Crippen molar-refractivity contribution < 1.29 is 19.2 Å². The lowest BCUT2D eigenvalue weighted by atomic mass is 9.79. The van der Waals surface area contributed by atoms with Crippen molar-refractivity contribution in [1.82, 2.24) is 35.9 Å². The highest BCUT2D eigenvalue weighted by molar-refractivity contribution is 5.93. The van der Waals surface area contributed by atoms with E-state index in [1.807, 2.05) is 16.8 Å². The number of aryl methyl sites for hydroxylation is 1. The average molecular weight is 468 g/mol. The first-order valence-electron chi connectivity index (χ1n) is 11.8. The number of hydrogen-bond donors (Lipinski definition) is 4. The average Bonchev–Trinajstić information content (AvgIpc) is 3.40. The van der Waals surface area contributed by atoms with E-state index in [0.29, 0.717) is 18.7 Å². The van der Waals surface area contributed by atoms with Crippen molar-refractivity contribution in [2.75, 3.05) is 0 Å². The molecule has 4 atom stereocenters. The number of nitrogens with one attached hydrogen (secondary N) is 4. The SMILES string of the molecule is CC(=O)N[C@H](C(=O)N[C@H]1CCc2ccn3c2C1C(=O)C[C@H](C(=O)NCc1c[nH]nn1)C3)C1CC1. The highest BCUT2D eigenvalue weighted by Gasteiger charge is 2.44. The van der Waals surface area contributed by atoms with Crippen LogP contribution in [0.5, 0.6) is 0 Å². The lowest BCUT2D eigenvalue weighted by Gasteiger charge is -2.33. The van der Waals surface area contributed by atoms with E-state index >= 15 is 0 Å². The molecule has 2 aromatic heterocycles. The van der Waals surface area contributed by atoms with Gasteiger partial charge in [-0.25, -0.2) is 0 Å². The Morgan fingerprint density at radius 2 is 2.09 bits per heavy atom. The van der Waals surface area contributed by atoms with E-state index in [1.165, 1.54) is 6.92 Å². The standard InChI is InChI=1S/C23H29N7O4/c1-12(31)26-20(13-2-3-13)23(34)27-17-5-4-14-6-7-30-11-15(8-18(32)19(17)21(14)30)22(33)24-9-16-10-25-29-28-16/h6-7,10,13,15,17,19-20H,2-5,8-9,11H2,1H3,(H,24,33)(H,26,31)(H,27,34)(H,25,28,29)/t15-,17-,19?,20-/m0/s1. The van der Waals surface area contributed by atoms with Gasteiger partial charge in [-0.05, 0) is 43.2 Å². The Labute approximate surface area is 196 Å². The van der Waals surface area contributed by atoms with Crippen molar-refractivity contribution in [2.45, 2.75) is 70.1 Å². The van der Waals surface area contributed by atoms with Gasteiger partial charge in [-0.3, -0.25) is 24.3 Å². The molecule has 1 unspecified atom stereocenters.